The normalized spacial score (nSPS) is 14.1. The largest absolute Gasteiger partial charge is 0.355 e. The zero-order valence-electron chi connectivity index (χ0n) is 18.9. The number of halogens is 1. The average Bonchev–Trinajstić information content (AvgIpc) is 2.57. The first kappa shape index (κ1) is 25.6. The number of aromatic nitrogens is 1. The number of nitrogens with one attached hydrogen (secondary N) is 2. The van der Waals surface area contributed by atoms with Crippen LogP contribution in [0.2, 0.25) is 0 Å². The second kappa shape index (κ2) is 10.6. The van der Waals surface area contributed by atoms with Gasteiger partial charge in [-0.25, -0.2) is 4.39 Å². The van der Waals surface area contributed by atoms with Crippen molar-refractivity contribution in [2.75, 3.05) is 10.0 Å². The first-order valence-electron chi connectivity index (χ1n) is 9.76. The van der Waals surface area contributed by atoms with Crippen molar-refractivity contribution in [3.8, 4) is 0 Å². The van der Waals surface area contributed by atoms with Crippen LogP contribution < -0.4 is 15.6 Å². The predicted octanol–water partition coefficient (Wildman–Crippen LogP) is 4.30. The number of pyridine rings is 1. The van der Waals surface area contributed by atoms with Crippen LogP contribution in [0.15, 0.2) is 52.4 Å². The minimum absolute atomic E-state index is 0.143. The summed E-state index contributed by atoms with van der Waals surface area (Å²) >= 11 is 0. The molecular weight excluding hydrogens is 407 g/mol. The molecule has 30 heavy (non-hydrogen) atoms. The topological polar surface area (TPSA) is 83.4 Å². The van der Waals surface area contributed by atoms with Crippen LogP contribution >= 0.6 is 0 Å². The summed E-state index contributed by atoms with van der Waals surface area (Å²) in [5, 5.41) is 2.82. The lowest BCUT2D eigenvalue weighted by molar-refractivity contribution is 0.304. The van der Waals surface area contributed by atoms with Crippen molar-refractivity contribution in [3.05, 3.63) is 57.9 Å². The Morgan fingerprint density at radius 3 is 2.23 bits per heavy atom. The summed E-state index contributed by atoms with van der Waals surface area (Å²) in [6, 6.07) is 0.683. The van der Waals surface area contributed by atoms with Crippen LogP contribution in [0.25, 0.3) is 0 Å². The lowest BCUT2D eigenvalue weighted by Gasteiger charge is -2.30. The van der Waals surface area contributed by atoms with E-state index in [1.807, 2.05) is 6.92 Å². The van der Waals surface area contributed by atoms with Crippen molar-refractivity contribution in [1.29, 1.82) is 0 Å². The highest BCUT2D eigenvalue weighted by Crippen LogP contribution is 2.25. The quantitative estimate of drug-likeness (QED) is 0.561. The molecule has 0 saturated heterocycles. The molecule has 0 aliphatic carbocycles. The molecule has 0 amide bonds. The number of allylic oxidation sites excluding steroid dienone is 6. The molecule has 0 aliphatic heterocycles. The molecule has 9 heteroatoms. The fourth-order valence-corrected chi connectivity index (χ4v) is 4.69. The van der Waals surface area contributed by atoms with Crippen LogP contribution in [-0.4, -0.2) is 29.4 Å². The van der Waals surface area contributed by atoms with E-state index in [2.05, 4.69) is 10.0 Å². The Morgan fingerprint density at radius 2 is 1.73 bits per heavy atom. The van der Waals surface area contributed by atoms with Gasteiger partial charge >= 0.3 is 10.2 Å². The molecule has 1 heterocycles. The summed E-state index contributed by atoms with van der Waals surface area (Å²) in [5.41, 5.74) is 0.810. The van der Waals surface area contributed by atoms with Crippen molar-refractivity contribution in [2.45, 2.75) is 60.5 Å². The van der Waals surface area contributed by atoms with Gasteiger partial charge in [0.2, 0.25) is 0 Å². The summed E-state index contributed by atoms with van der Waals surface area (Å²) in [4.78, 5) is 12.1. The molecule has 7 nitrogen and oxygen atoms in total. The third-order valence-corrected chi connectivity index (χ3v) is 6.10. The summed E-state index contributed by atoms with van der Waals surface area (Å²) in [6.07, 6.45) is 6.28. The van der Waals surface area contributed by atoms with Crippen molar-refractivity contribution < 1.29 is 12.8 Å². The molecule has 0 spiro atoms. The smallest absolute Gasteiger partial charge is 0.302 e. The average molecular weight is 441 g/mol. The number of anilines is 2. The maximum Gasteiger partial charge on any atom is 0.302 e. The molecule has 0 fully saturated rings. The van der Waals surface area contributed by atoms with E-state index in [1.165, 1.54) is 41.2 Å². The van der Waals surface area contributed by atoms with Crippen molar-refractivity contribution in [2.24, 2.45) is 7.05 Å². The molecular formula is C21H33FN4O3S. The number of rotatable bonds is 9. The number of aryl methyl sites for hydroxylation is 1. The van der Waals surface area contributed by atoms with Gasteiger partial charge in [-0.2, -0.15) is 12.7 Å². The fraction of sp³-hybridized carbons (Fsp3) is 0.476. The molecule has 0 aromatic carbocycles. The van der Waals surface area contributed by atoms with Crippen LogP contribution in [0.1, 0.15) is 48.5 Å². The van der Waals surface area contributed by atoms with Gasteiger partial charge in [-0.15, -0.1) is 0 Å². The lowest BCUT2D eigenvalue weighted by atomic mass is 10.2. The van der Waals surface area contributed by atoms with E-state index in [1.54, 1.807) is 46.8 Å². The minimum Gasteiger partial charge on any atom is -0.355 e. The van der Waals surface area contributed by atoms with Crippen LogP contribution in [-0.2, 0) is 17.3 Å². The van der Waals surface area contributed by atoms with Gasteiger partial charge in [0.15, 0.2) is 0 Å². The molecule has 1 aromatic heterocycles. The molecule has 168 valence electrons. The molecule has 0 saturated carbocycles. The van der Waals surface area contributed by atoms with E-state index in [0.717, 1.165) is 0 Å². The Hall–Kier alpha value is -2.39. The maximum atomic E-state index is 14.5. The van der Waals surface area contributed by atoms with Crippen LogP contribution in [0.4, 0.5) is 15.8 Å². The second-order valence-corrected chi connectivity index (χ2v) is 9.24. The van der Waals surface area contributed by atoms with Gasteiger partial charge in [0, 0.05) is 37.1 Å². The summed E-state index contributed by atoms with van der Waals surface area (Å²) < 4.78 is 45.6. The summed E-state index contributed by atoms with van der Waals surface area (Å²) in [6.45, 7) is 12.2. The van der Waals surface area contributed by atoms with E-state index in [-0.39, 0.29) is 34.7 Å². The molecule has 1 rings (SSSR count). The highest BCUT2D eigenvalue weighted by molar-refractivity contribution is 7.90. The number of hydrogen-bond acceptors (Lipinski definition) is 4. The minimum atomic E-state index is -3.91. The Balaban J connectivity index is 3.42. The lowest BCUT2D eigenvalue weighted by Crippen LogP contribution is -2.45. The molecule has 0 radical (unpaired) electrons. The molecule has 0 aliphatic rings. The molecule has 0 atom stereocenters. The van der Waals surface area contributed by atoms with Crippen molar-refractivity contribution in [1.82, 2.24) is 8.87 Å². The molecule has 0 bridgehead atoms. The highest BCUT2D eigenvalue weighted by Gasteiger charge is 2.28. The zero-order chi connectivity index (χ0) is 23.2. The van der Waals surface area contributed by atoms with Gasteiger partial charge in [-0.3, -0.25) is 9.52 Å². The van der Waals surface area contributed by atoms with Gasteiger partial charge in [-0.1, -0.05) is 12.2 Å². The van der Waals surface area contributed by atoms with E-state index in [9.17, 15) is 17.6 Å². The number of hydrogen-bond donors (Lipinski definition) is 2. The second-order valence-electron chi connectivity index (χ2n) is 7.66. The number of nitrogens with zero attached hydrogens (tertiary/aromatic N) is 2. The summed E-state index contributed by atoms with van der Waals surface area (Å²) in [7, 11) is -2.40. The van der Waals surface area contributed by atoms with Gasteiger partial charge in [0.25, 0.3) is 5.56 Å². The SMILES string of the molecule is C\C=C/C(C)=C\C(F)=C(/C)Nc1cc(=O)n(C)cc1NS(=O)(=O)N(C(C)C)C(C)C. The van der Waals surface area contributed by atoms with Gasteiger partial charge in [0.1, 0.15) is 5.83 Å². The Labute approximate surface area is 179 Å². The molecule has 0 unspecified atom stereocenters. The molecule has 2 N–H and O–H groups in total. The van der Waals surface area contributed by atoms with Crippen molar-refractivity contribution >= 4 is 21.6 Å². The third-order valence-electron chi connectivity index (χ3n) is 4.23. The van der Waals surface area contributed by atoms with E-state index >= 15 is 0 Å². The monoisotopic (exact) mass is 440 g/mol. The maximum absolute atomic E-state index is 14.5. The van der Waals surface area contributed by atoms with Crippen molar-refractivity contribution in [3.63, 3.8) is 0 Å². The predicted molar refractivity (Wildman–Crippen MR) is 122 cm³/mol. The Kier molecular flexibility index (Phi) is 9.05. The van der Waals surface area contributed by atoms with Crippen LogP contribution in [0.3, 0.4) is 0 Å². The van der Waals surface area contributed by atoms with Gasteiger partial charge in [0.05, 0.1) is 11.4 Å². The van der Waals surface area contributed by atoms with Gasteiger partial charge in [-0.05, 0) is 60.1 Å². The highest BCUT2D eigenvalue weighted by atomic mass is 32.2. The Morgan fingerprint density at radius 1 is 1.17 bits per heavy atom. The standard InChI is InChI=1S/C21H33FN4O3S/c1-9-10-16(6)11-18(22)17(7)23-19-12-21(27)25(8)13-20(19)24-30(28,29)26(14(2)3)15(4)5/h9-15,23-24H,1-8H3/b10-9-,16-11-,18-17-. The summed E-state index contributed by atoms with van der Waals surface area (Å²) in [5.74, 6) is -0.522. The first-order chi connectivity index (χ1) is 13.8. The van der Waals surface area contributed by atoms with Crippen LogP contribution in [0.5, 0.6) is 0 Å². The van der Waals surface area contributed by atoms with Gasteiger partial charge < -0.3 is 9.88 Å². The van der Waals surface area contributed by atoms with E-state index in [0.29, 0.717) is 5.57 Å². The van der Waals surface area contributed by atoms with E-state index < -0.39 is 16.0 Å². The first-order valence-corrected chi connectivity index (χ1v) is 11.2. The van der Waals surface area contributed by atoms with Crippen LogP contribution in [0, 0.1) is 0 Å². The fourth-order valence-electron chi connectivity index (χ4n) is 3.04. The van der Waals surface area contributed by atoms with E-state index in [4.69, 9.17) is 0 Å². The Bertz CT molecular complexity index is 998. The molecule has 1 aromatic rings. The third kappa shape index (κ3) is 6.84. The zero-order valence-corrected chi connectivity index (χ0v) is 19.8.